The highest BCUT2D eigenvalue weighted by Gasteiger charge is 2.10. The van der Waals surface area contributed by atoms with E-state index in [1.165, 1.54) is 0 Å². The molecule has 0 saturated carbocycles. The number of halogens is 1. The van der Waals surface area contributed by atoms with Crippen LogP contribution in [0.4, 0.5) is 0 Å². The number of aromatic nitrogens is 1. The second-order valence-electron chi connectivity index (χ2n) is 3.13. The fourth-order valence-electron chi connectivity index (χ4n) is 1.21. The van der Waals surface area contributed by atoms with E-state index in [0.29, 0.717) is 10.8 Å². The maximum Gasteiger partial charge on any atom is 0.176 e. The Kier molecular flexibility index (Phi) is 2.92. The average molecular weight is 224 g/mol. The van der Waals surface area contributed by atoms with Crippen molar-refractivity contribution in [2.75, 3.05) is 0 Å². The van der Waals surface area contributed by atoms with E-state index in [4.69, 9.17) is 20.9 Å². The molecule has 0 unspecified atom stereocenters. The Morgan fingerprint density at radius 3 is 2.60 bits per heavy atom. The summed E-state index contributed by atoms with van der Waals surface area (Å²) in [7, 11) is 0. The molecule has 15 heavy (non-hydrogen) atoms. The average Bonchev–Trinajstić information content (AvgIpc) is 2.74. The molecule has 1 heterocycles. The molecule has 3 nitrogen and oxygen atoms in total. The second-order valence-corrected chi connectivity index (χ2v) is 3.57. The van der Waals surface area contributed by atoms with Gasteiger partial charge >= 0.3 is 0 Å². The van der Waals surface area contributed by atoms with Gasteiger partial charge in [0.2, 0.25) is 0 Å². The van der Waals surface area contributed by atoms with Crippen molar-refractivity contribution in [2.45, 2.75) is 13.0 Å². The molecular formula is C11H10ClNO2. The molecule has 4 heteroatoms. The standard InChI is InChI=1S/C11H10ClNO2/c1-8(11-6-7-13-15-11)14-10-4-2-9(12)3-5-10/h2-8H,1H3/t8-/m0/s1. The first kappa shape index (κ1) is 10.1. The zero-order chi connectivity index (χ0) is 10.7. The van der Waals surface area contributed by atoms with Gasteiger partial charge < -0.3 is 9.26 Å². The summed E-state index contributed by atoms with van der Waals surface area (Å²) in [6, 6.07) is 8.97. The molecule has 0 N–H and O–H groups in total. The van der Waals surface area contributed by atoms with Crippen molar-refractivity contribution in [1.29, 1.82) is 0 Å². The minimum Gasteiger partial charge on any atom is -0.483 e. The molecule has 0 bridgehead atoms. The Morgan fingerprint density at radius 1 is 1.27 bits per heavy atom. The first-order chi connectivity index (χ1) is 7.25. The molecule has 1 aromatic carbocycles. The van der Waals surface area contributed by atoms with Crippen LogP contribution in [0, 0.1) is 0 Å². The molecule has 0 amide bonds. The molecule has 0 aliphatic rings. The lowest BCUT2D eigenvalue weighted by molar-refractivity contribution is 0.182. The van der Waals surface area contributed by atoms with Crippen molar-refractivity contribution >= 4 is 11.6 Å². The van der Waals surface area contributed by atoms with Crippen molar-refractivity contribution < 1.29 is 9.26 Å². The van der Waals surface area contributed by atoms with Gasteiger partial charge in [-0.2, -0.15) is 0 Å². The van der Waals surface area contributed by atoms with E-state index >= 15 is 0 Å². The zero-order valence-corrected chi connectivity index (χ0v) is 8.94. The molecule has 0 spiro atoms. The maximum absolute atomic E-state index is 5.76. The Morgan fingerprint density at radius 2 is 2.00 bits per heavy atom. The molecule has 2 aromatic rings. The largest absolute Gasteiger partial charge is 0.483 e. The number of benzene rings is 1. The maximum atomic E-state index is 5.76. The minimum absolute atomic E-state index is 0.159. The molecule has 2 rings (SSSR count). The van der Waals surface area contributed by atoms with E-state index in [1.807, 2.05) is 19.1 Å². The van der Waals surface area contributed by atoms with Crippen LogP contribution in [-0.2, 0) is 0 Å². The fraction of sp³-hybridized carbons (Fsp3) is 0.182. The summed E-state index contributed by atoms with van der Waals surface area (Å²) in [4.78, 5) is 0. The van der Waals surface area contributed by atoms with Crippen LogP contribution in [0.15, 0.2) is 41.1 Å². The van der Waals surface area contributed by atoms with Crippen LogP contribution in [0.5, 0.6) is 5.75 Å². The lowest BCUT2D eigenvalue weighted by Gasteiger charge is -2.11. The van der Waals surface area contributed by atoms with Crippen LogP contribution in [0.25, 0.3) is 0 Å². The molecule has 0 aliphatic carbocycles. The first-order valence-corrected chi connectivity index (χ1v) is 4.96. The summed E-state index contributed by atoms with van der Waals surface area (Å²) in [5, 5.41) is 4.31. The first-order valence-electron chi connectivity index (χ1n) is 4.58. The van der Waals surface area contributed by atoms with E-state index in [2.05, 4.69) is 5.16 Å². The third kappa shape index (κ3) is 2.50. The molecule has 0 aliphatic heterocycles. The van der Waals surface area contributed by atoms with Gasteiger partial charge in [-0.3, -0.25) is 0 Å². The second kappa shape index (κ2) is 4.36. The fourth-order valence-corrected chi connectivity index (χ4v) is 1.34. The third-order valence-corrected chi connectivity index (χ3v) is 2.24. The molecule has 0 fully saturated rings. The number of ether oxygens (including phenoxy) is 1. The zero-order valence-electron chi connectivity index (χ0n) is 8.18. The summed E-state index contributed by atoms with van der Waals surface area (Å²) >= 11 is 5.76. The van der Waals surface area contributed by atoms with E-state index in [0.717, 1.165) is 5.75 Å². The third-order valence-electron chi connectivity index (χ3n) is 1.98. The highest BCUT2D eigenvalue weighted by Crippen LogP contribution is 2.22. The van der Waals surface area contributed by atoms with Gasteiger partial charge in [-0.15, -0.1) is 0 Å². The lowest BCUT2D eigenvalue weighted by Crippen LogP contribution is -2.01. The van der Waals surface area contributed by atoms with Crippen LogP contribution in [0.3, 0.4) is 0 Å². The summed E-state index contributed by atoms with van der Waals surface area (Å²) in [6.45, 7) is 1.90. The SMILES string of the molecule is C[C@H](Oc1ccc(Cl)cc1)c1ccno1. The number of hydrogen-bond donors (Lipinski definition) is 0. The van der Waals surface area contributed by atoms with Gasteiger partial charge in [0.25, 0.3) is 0 Å². The number of rotatable bonds is 3. The van der Waals surface area contributed by atoms with Crippen LogP contribution in [-0.4, -0.2) is 5.16 Å². The van der Waals surface area contributed by atoms with Crippen LogP contribution in [0.2, 0.25) is 5.02 Å². The Balaban J connectivity index is 2.06. The summed E-state index contributed by atoms with van der Waals surface area (Å²) in [6.07, 6.45) is 1.44. The quantitative estimate of drug-likeness (QED) is 0.799. The van der Waals surface area contributed by atoms with Crippen molar-refractivity contribution in [1.82, 2.24) is 5.16 Å². The van der Waals surface area contributed by atoms with Gasteiger partial charge in [-0.1, -0.05) is 16.8 Å². The van der Waals surface area contributed by atoms with E-state index in [1.54, 1.807) is 24.4 Å². The van der Waals surface area contributed by atoms with Crippen molar-refractivity contribution in [2.24, 2.45) is 0 Å². The molecular weight excluding hydrogens is 214 g/mol. The minimum atomic E-state index is -0.159. The Hall–Kier alpha value is -1.48. The molecule has 0 radical (unpaired) electrons. The van der Waals surface area contributed by atoms with Gasteiger partial charge in [0, 0.05) is 11.1 Å². The van der Waals surface area contributed by atoms with Crippen molar-refractivity contribution in [3.05, 3.63) is 47.3 Å². The monoisotopic (exact) mass is 223 g/mol. The van der Waals surface area contributed by atoms with Crippen LogP contribution >= 0.6 is 11.6 Å². The molecule has 1 aromatic heterocycles. The van der Waals surface area contributed by atoms with Gasteiger partial charge in [0.05, 0.1) is 6.20 Å². The summed E-state index contributed by atoms with van der Waals surface area (Å²) in [5.41, 5.74) is 0. The molecule has 0 saturated heterocycles. The van der Waals surface area contributed by atoms with E-state index < -0.39 is 0 Å². The van der Waals surface area contributed by atoms with Gasteiger partial charge in [-0.05, 0) is 31.2 Å². The normalized spacial score (nSPS) is 12.4. The molecule has 78 valence electrons. The Bertz CT molecular complexity index is 411. The molecule has 1 atom stereocenters. The van der Waals surface area contributed by atoms with Gasteiger partial charge in [0.15, 0.2) is 11.9 Å². The summed E-state index contributed by atoms with van der Waals surface area (Å²) in [5.74, 6) is 1.45. The Labute approximate surface area is 92.6 Å². The highest BCUT2D eigenvalue weighted by atomic mass is 35.5. The topological polar surface area (TPSA) is 35.3 Å². The predicted octanol–water partition coefficient (Wildman–Crippen LogP) is 3.47. The van der Waals surface area contributed by atoms with Crippen molar-refractivity contribution in [3.63, 3.8) is 0 Å². The van der Waals surface area contributed by atoms with Crippen LogP contribution in [0.1, 0.15) is 18.8 Å². The number of nitrogens with zero attached hydrogens (tertiary/aromatic N) is 1. The van der Waals surface area contributed by atoms with Crippen molar-refractivity contribution in [3.8, 4) is 5.75 Å². The van der Waals surface area contributed by atoms with Gasteiger partial charge in [-0.25, -0.2) is 0 Å². The van der Waals surface area contributed by atoms with E-state index in [9.17, 15) is 0 Å². The van der Waals surface area contributed by atoms with Crippen LogP contribution < -0.4 is 4.74 Å². The lowest BCUT2D eigenvalue weighted by atomic mass is 10.3. The highest BCUT2D eigenvalue weighted by molar-refractivity contribution is 6.30. The van der Waals surface area contributed by atoms with E-state index in [-0.39, 0.29) is 6.10 Å². The smallest absolute Gasteiger partial charge is 0.176 e. The predicted molar refractivity (Wildman–Crippen MR) is 57.0 cm³/mol. The van der Waals surface area contributed by atoms with Gasteiger partial charge in [0.1, 0.15) is 5.75 Å². The number of hydrogen-bond acceptors (Lipinski definition) is 3. The summed E-state index contributed by atoms with van der Waals surface area (Å²) < 4.78 is 10.6.